The van der Waals surface area contributed by atoms with Crippen molar-refractivity contribution >= 4 is 11.9 Å². The molecule has 1 unspecified atom stereocenters. The van der Waals surface area contributed by atoms with E-state index in [1.54, 1.807) is 6.92 Å². The maximum absolute atomic E-state index is 12.2. The molecule has 2 heterocycles. The molecular formula is C15H20O8. The van der Waals surface area contributed by atoms with Crippen LogP contribution in [0.4, 0.5) is 0 Å². The van der Waals surface area contributed by atoms with Crippen molar-refractivity contribution in [1.29, 1.82) is 0 Å². The molecule has 8 atom stereocenters. The van der Waals surface area contributed by atoms with E-state index in [1.807, 2.05) is 0 Å². The first-order chi connectivity index (χ1) is 10.6. The Kier molecular flexibility index (Phi) is 2.58. The first-order valence-corrected chi connectivity index (χ1v) is 7.76. The molecule has 8 heteroatoms. The first-order valence-electron chi connectivity index (χ1n) is 7.76. The largest absolute Gasteiger partial charge is 0.463 e. The SMILES string of the molecule is C[C@@H]1C[C@@H](O)[C@@]2(O)[C@@]13CC(OC(=O)[C@@H]3O)[C@@]1(O)C(=O)OC[C@@]21C. The molecule has 1 spiro atoms. The Labute approximate surface area is 132 Å². The maximum Gasteiger partial charge on any atom is 0.342 e. The summed E-state index contributed by atoms with van der Waals surface area (Å²) in [5.74, 6) is -2.40. The summed E-state index contributed by atoms with van der Waals surface area (Å²) >= 11 is 0. The van der Waals surface area contributed by atoms with E-state index < -0.39 is 58.2 Å². The molecule has 0 aromatic carbocycles. The van der Waals surface area contributed by atoms with Crippen LogP contribution in [0.25, 0.3) is 0 Å². The van der Waals surface area contributed by atoms with Crippen LogP contribution >= 0.6 is 0 Å². The van der Waals surface area contributed by atoms with Crippen molar-refractivity contribution in [2.45, 2.75) is 56.2 Å². The third kappa shape index (κ3) is 1.18. The zero-order valence-corrected chi connectivity index (χ0v) is 12.9. The first kappa shape index (κ1) is 15.3. The Morgan fingerprint density at radius 1 is 1.22 bits per heavy atom. The topological polar surface area (TPSA) is 134 Å². The lowest BCUT2D eigenvalue weighted by molar-refractivity contribution is -0.333. The molecule has 2 aliphatic heterocycles. The minimum Gasteiger partial charge on any atom is -0.463 e. The molecule has 4 rings (SSSR count). The van der Waals surface area contributed by atoms with Crippen molar-refractivity contribution < 1.29 is 39.5 Å². The fourth-order valence-corrected chi connectivity index (χ4v) is 5.77. The molecule has 0 aromatic heterocycles. The summed E-state index contributed by atoms with van der Waals surface area (Å²) in [6.45, 7) is 2.84. The predicted molar refractivity (Wildman–Crippen MR) is 71.7 cm³/mol. The molecule has 128 valence electrons. The number of aliphatic hydroxyl groups excluding tert-OH is 2. The molecule has 0 amide bonds. The van der Waals surface area contributed by atoms with Crippen LogP contribution < -0.4 is 0 Å². The van der Waals surface area contributed by atoms with E-state index in [9.17, 15) is 30.0 Å². The van der Waals surface area contributed by atoms with E-state index in [1.165, 1.54) is 6.92 Å². The van der Waals surface area contributed by atoms with Gasteiger partial charge in [0.2, 0.25) is 5.60 Å². The van der Waals surface area contributed by atoms with Crippen molar-refractivity contribution in [3.05, 3.63) is 0 Å². The van der Waals surface area contributed by atoms with Crippen molar-refractivity contribution in [2.24, 2.45) is 16.7 Å². The lowest BCUT2D eigenvalue weighted by atomic mass is 9.44. The van der Waals surface area contributed by atoms with E-state index in [0.29, 0.717) is 0 Å². The summed E-state index contributed by atoms with van der Waals surface area (Å²) in [7, 11) is 0. The van der Waals surface area contributed by atoms with Gasteiger partial charge in [-0.15, -0.1) is 0 Å². The van der Waals surface area contributed by atoms with E-state index in [2.05, 4.69) is 0 Å². The smallest absolute Gasteiger partial charge is 0.342 e. The van der Waals surface area contributed by atoms with Crippen LogP contribution in [-0.4, -0.2) is 68.5 Å². The quantitative estimate of drug-likeness (QED) is 0.379. The van der Waals surface area contributed by atoms with E-state index in [0.717, 1.165) is 0 Å². The van der Waals surface area contributed by atoms with Crippen LogP contribution in [0.1, 0.15) is 26.7 Å². The highest BCUT2D eigenvalue weighted by atomic mass is 16.6. The summed E-state index contributed by atoms with van der Waals surface area (Å²) in [6.07, 6.45) is -4.17. The molecule has 23 heavy (non-hydrogen) atoms. The Morgan fingerprint density at radius 2 is 1.87 bits per heavy atom. The molecule has 4 fully saturated rings. The summed E-state index contributed by atoms with van der Waals surface area (Å²) in [4.78, 5) is 24.4. The molecule has 2 saturated carbocycles. The number of carbonyl (C=O) groups excluding carboxylic acids is 2. The van der Waals surface area contributed by atoms with Crippen LogP contribution in [0.5, 0.6) is 0 Å². The Balaban J connectivity index is 2.04. The number of aliphatic hydroxyl groups is 4. The standard InChI is InChI=1S/C15H20O8/c1-6-3-7(16)15(21)12(2)5-22-11(19)14(12,20)8-4-13(6,15)9(17)10(18)23-8/h6-9,16-17,20-21H,3-5H2,1-2H3/t6-,7-,8?,9+,12-,13+,14-,15+/m1/s1. The van der Waals surface area contributed by atoms with Gasteiger partial charge in [-0.2, -0.15) is 0 Å². The van der Waals surface area contributed by atoms with Gasteiger partial charge < -0.3 is 29.9 Å². The number of rotatable bonds is 0. The monoisotopic (exact) mass is 328 g/mol. The number of esters is 2. The summed E-state index contributed by atoms with van der Waals surface area (Å²) < 4.78 is 10.1. The zero-order chi connectivity index (χ0) is 17.0. The van der Waals surface area contributed by atoms with Crippen molar-refractivity contribution in [1.82, 2.24) is 0 Å². The fraction of sp³-hybridized carbons (Fsp3) is 0.867. The molecular weight excluding hydrogens is 308 g/mol. The van der Waals surface area contributed by atoms with E-state index in [4.69, 9.17) is 9.47 Å². The molecule has 2 bridgehead atoms. The summed E-state index contributed by atoms with van der Waals surface area (Å²) in [5, 5.41) is 43.7. The van der Waals surface area contributed by atoms with E-state index in [-0.39, 0.29) is 19.4 Å². The highest BCUT2D eigenvalue weighted by Crippen LogP contribution is 2.71. The second kappa shape index (κ2) is 3.88. The molecule has 4 N–H and O–H groups in total. The van der Waals surface area contributed by atoms with Gasteiger partial charge in [-0.1, -0.05) is 6.92 Å². The molecule has 8 nitrogen and oxygen atoms in total. The summed E-state index contributed by atoms with van der Waals surface area (Å²) in [6, 6.07) is 0. The van der Waals surface area contributed by atoms with Gasteiger partial charge in [-0.25, -0.2) is 9.59 Å². The Hall–Kier alpha value is -1.22. The molecule has 0 aromatic rings. The van der Waals surface area contributed by atoms with Crippen LogP contribution in [0, 0.1) is 16.7 Å². The maximum atomic E-state index is 12.2. The molecule has 0 radical (unpaired) electrons. The molecule has 2 aliphatic carbocycles. The number of carbonyl (C=O) groups is 2. The van der Waals surface area contributed by atoms with Crippen LogP contribution in [0.3, 0.4) is 0 Å². The lowest BCUT2D eigenvalue weighted by Crippen LogP contribution is -2.82. The normalized spacial score (nSPS) is 60.8. The van der Waals surface area contributed by atoms with Crippen LogP contribution in [0.15, 0.2) is 0 Å². The number of hydrogen-bond acceptors (Lipinski definition) is 8. The van der Waals surface area contributed by atoms with Gasteiger partial charge in [0, 0.05) is 5.41 Å². The Bertz CT molecular complexity index is 621. The van der Waals surface area contributed by atoms with Crippen molar-refractivity contribution in [3.8, 4) is 0 Å². The van der Waals surface area contributed by atoms with Gasteiger partial charge in [-0.05, 0) is 25.7 Å². The van der Waals surface area contributed by atoms with Crippen molar-refractivity contribution in [2.75, 3.05) is 6.61 Å². The second-order valence-electron chi connectivity index (χ2n) is 7.67. The third-order valence-corrected chi connectivity index (χ3v) is 7.09. The van der Waals surface area contributed by atoms with Crippen molar-refractivity contribution in [3.63, 3.8) is 0 Å². The third-order valence-electron chi connectivity index (χ3n) is 7.09. The number of ether oxygens (including phenoxy) is 2. The van der Waals surface area contributed by atoms with Gasteiger partial charge in [0.05, 0.1) is 11.5 Å². The van der Waals surface area contributed by atoms with Crippen LogP contribution in [0.2, 0.25) is 0 Å². The Morgan fingerprint density at radius 3 is 2.52 bits per heavy atom. The van der Waals surface area contributed by atoms with Gasteiger partial charge in [-0.3, -0.25) is 0 Å². The number of fused-ring (bicyclic) bond motifs is 4. The lowest BCUT2D eigenvalue weighted by Gasteiger charge is -2.64. The van der Waals surface area contributed by atoms with E-state index >= 15 is 0 Å². The van der Waals surface area contributed by atoms with Gasteiger partial charge in [0.1, 0.15) is 18.3 Å². The fourth-order valence-electron chi connectivity index (χ4n) is 5.77. The minimum atomic E-state index is -2.26. The van der Waals surface area contributed by atoms with Gasteiger partial charge >= 0.3 is 11.9 Å². The average molecular weight is 328 g/mol. The second-order valence-corrected chi connectivity index (χ2v) is 7.67. The van der Waals surface area contributed by atoms with Gasteiger partial charge in [0.15, 0.2) is 6.10 Å². The predicted octanol–water partition coefficient (Wildman–Crippen LogP) is -1.91. The number of cyclic esters (lactones) is 1. The highest BCUT2D eigenvalue weighted by molar-refractivity contribution is 5.87. The van der Waals surface area contributed by atoms with Crippen LogP contribution in [-0.2, 0) is 19.1 Å². The average Bonchev–Trinajstić information content (AvgIpc) is 2.85. The van der Waals surface area contributed by atoms with Gasteiger partial charge in [0.25, 0.3) is 0 Å². The minimum absolute atomic E-state index is 0.115. The highest BCUT2D eigenvalue weighted by Gasteiger charge is 2.87. The number of hydrogen-bond donors (Lipinski definition) is 4. The molecule has 4 aliphatic rings. The summed E-state index contributed by atoms with van der Waals surface area (Å²) in [5.41, 5.74) is -7.32. The molecule has 2 saturated heterocycles. The zero-order valence-electron chi connectivity index (χ0n) is 12.9.